The Morgan fingerprint density at radius 1 is 1.70 bits per heavy atom. The van der Waals surface area contributed by atoms with Crippen molar-refractivity contribution in [2.24, 2.45) is 0 Å². The monoisotopic (exact) mass is 143 g/mol. The second kappa shape index (κ2) is 4.22. The lowest BCUT2D eigenvalue weighted by Gasteiger charge is -1.90. The van der Waals surface area contributed by atoms with Crippen LogP contribution in [0.1, 0.15) is 0 Å². The van der Waals surface area contributed by atoms with Crippen LogP contribution in [0.3, 0.4) is 0 Å². The first-order valence-corrected chi connectivity index (χ1v) is 2.34. The number of hydrogen-bond donors (Lipinski definition) is 2. The molecule has 1 amide bonds. The van der Waals surface area contributed by atoms with Gasteiger partial charge < -0.3 is 16.0 Å². The molecule has 0 aliphatic heterocycles. The number of ketones is 1. The van der Waals surface area contributed by atoms with E-state index >= 15 is 0 Å². The molecule has 54 valence electrons. The molecule has 0 heterocycles. The van der Waals surface area contributed by atoms with Gasteiger partial charge in [0.05, 0.1) is 6.54 Å². The molecular formula is C4H5N3O3. The van der Waals surface area contributed by atoms with Crippen LogP contribution in [0, 0.1) is 0 Å². The Kier molecular flexibility index (Phi) is 3.51. The van der Waals surface area contributed by atoms with E-state index < -0.39 is 11.9 Å². The molecule has 6 nitrogen and oxygen atoms in total. The van der Waals surface area contributed by atoms with Gasteiger partial charge in [-0.1, -0.05) is 0 Å². The van der Waals surface area contributed by atoms with Gasteiger partial charge in [0.25, 0.3) is 5.78 Å². The molecule has 0 fully saturated rings. The lowest BCUT2D eigenvalue weighted by Crippen LogP contribution is -2.28. The van der Waals surface area contributed by atoms with Gasteiger partial charge in [-0.2, -0.15) is 4.79 Å². The number of hydrogen-bond acceptors (Lipinski definition) is 2. The Hall–Kier alpha value is -1.68. The van der Waals surface area contributed by atoms with Crippen LogP contribution in [0.25, 0.3) is 5.53 Å². The average Bonchev–Trinajstić information content (AvgIpc) is 1.85. The number of carboxylic acid groups (broad SMARTS) is 1. The summed E-state index contributed by atoms with van der Waals surface area (Å²) >= 11 is 0. The van der Waals surface area contributed by atoms with E-state index in [0.29, 0.717) is 6.21 Å². The van der Waals surface area contributed by atoms with Gasteiger partial charge in [-0.25, -0.2) is 4.79 Å². The minimum absolute atomic E-state index is 0.376. The van der Waals surface area contributed by atoms with E-state index in [2.05, 4.69) is 4.79 Å². The zero-order chi connectivity index (χ0) is 7.98. The molecule has 0 aliphatic carbocycles. The van der Waals surface area contributed by atoms with Crippen molar-refractivity contribution in [1.29, 1.82) is 0 Å². The van der Waals surface area contributed by atoms with Crippen LogP contribution in [0.4, 0.5) is 4.79 Å². The maximum atomic E-state index is 10.3. The van der Waals surface area contributed by atoms with Crippen molar-refractivity contribution in [1.82, 2.24) is 5.32 Å². The fourth-order valence-corrected chi connectivity index (χ4v) is 0.273. The van der Waals surface area contributed by atoms with Crippen LogP contribution in [0.2, 0.25) is 0 Å². The summed E-state index contributed by atoms with van der Waals surface area (Å²) in [6, 6.07) is 0. The van der Waals surface area contributed by atoms with E-state index in [9.17, 15) is 9.59 Å². The minimum atomic E-state index is -1.29. The molecule has 0 aromatic rings. The zero-order valence-electron chi connectivity index (χ0n) is 4.94. The van der Waals surface area contributed by atoms with Crippen LogP contribution in [-0.4, -0.2) is 34.5 Å². The average molecular weight is 143 g/mol. The third-order valence-corrected chi connectivity index (χ3v) is 0.616. The van der Waals surface area contributed by atoms with Crippen LogP contribution >= 0.6 is 0 Å². The SMILES string of the molecule is [N-]=[N+]=CC(=O)CNC(=O)O. The van der Waals surface area contributed by atoms with Gasteiger partial charge in [-0.05, 0) is 0 Å². The highest BCUT2D eigenvalue weighted by Gasteiger charge is 2.02. The van der Waals surface area contributed by atoms with Gasteiger partial charge in [0.2, 0.25) is 0 Å². The normalized spacial score (nSPS) is 7.60. The van der Waals surface area contributed by atoms with Crippen LogP contribution in [0.15, 0.2) is 0 Å². The third-order valence-electron chi connectivity index (χ3n) is 0.616. The fourth-order valence-electron chi connectivity index (χ4n) is 0.273. The number of amides is 1. The Morgan fingerprint density at radius 3 is 2.70 bits per heavy atom. The maximum Gasteiger partial charge on any atom is 0.405 e. The highest BCUT2D eigenvalue weighted by Crippen LogP contribution is 1.62. The molecule has 0 spiro atoms. The van der Waals surface area contributed by atoms with Crippen molar-refractivity contribution < 1.29 is 19.5 Å². The number of nitrogens with one attached hydrogen (secondary N) is 1. The van der Waals surface area contributed by atoms with Gasteiger partial charge >= 0.3 is 12.3 Å². The molecule has 0 rings (SSSR count). The Balaban J connectivity index is 3.60. The van der Waals surface area contributed by atoms with Crippen LogP contribution in [-0.2, 0) is 4.79 Å². The van der Waals surface area contributed by atoms with Gasteiger partial charge in [-0.15, -0.1) is 0 Å². The topological polar surface area (TPSA) is 103 Å². The van der Waals surface area contributed by atoms with E-state index in [1.807, 2.05) is 0 Å². The quantitative estimate of drug-likeness (QED) is 0.304. The third kappa shape index (κ3) is 4.48. The maximum absolute atomic E-state index is 10.3. The fraction of sp³-hybridized carbons (Fsp3) is 0.250. The summed E-state index contributed by atoms with van der Waals surface area (Å²) in [6.07, 6.45) is -0.671. The smallest absolute Gasteiger partial charge is 0.405 e. The first kappa shape index (κ1) is 8.32. The first-order chi connectivity index (χ1) is 4.66. The molecule has 0 aliphatic rings. The number of Topliss-reactive ketones (excluding diaryl/α,β-unsaturated/α-hetero) is 1. The number of carbonyl (C=O) groups excluding carboxylic acids is 1. The van der Waals surface area contributed by atoms with Crippen molar-refractivity contribution in [3.8, 4) is 0 Å². The van der Waals surface area contributed by atoms with E-state index in [1.165, 1.54) is 0 Å². The molecular weight excluding hydrogens is 138 g/mol. The summed E-state index contributed by atoms with van der Waals surface area (Å²) in [4.78, 5) is 22.5. The van der Waals surface area contributed by atoms with E-state index in [4.69, 9.17) is 10.6 Å². The summed E-state index contributed by atoms with van der Waals surface area (Å²) in [6.45, 7) is -0.376. The second-order valence-corrected chi connectivity index (χ2v) is 1.37. The number of nitrogens with zero attached hydrogens (tertiary/aromatic N) is 2. The molecule has 0 saturated carbocycles. The van der Waals surface area contributed by atoms with Crippen molar-refractivity contribution >= 4 is 18.1 Å². The molecule has 0 aromatic heterocycles. The first-order valence-electron chi connectivity index (χ1n) is 2.34. The predicted molar refractivity (Wildman–Crippen MR) is 30.7 cm³/mol. The summed E-state index contributed by atoms with van der Waals surface area (Å²) in [7, 11) is 0. The summed E-state index contributed by atoms with van der Waals surface area (Å²) < 4.78 is 0. The molecule has 0 atom stereocenters. The summed E-state index contributed by atoms with van der Waals surface area (Å²) in [5, 5.41) is 9.76. The zero-order valence-corrected chi connectivity index (χ0v) is 4.94. The largest absolute Gasteiger partial charge is 0.465 e. The predicted octanol–water partition coefficient (Wildman–Crippen LogP) is -0.876. The molecule has 6 heteroatoms. The van der Waals surface area contributed by atoms with Gasteiger partial charge in [0.15, 0.2) is 0 Å². The molecule has 0 radical (unpaired) electrons. The number of rotatable bonds is 3. The van der Waals surface area contributed by atoms with E-state index in [0.717, 1.165) is 0 Å². The minimum Gasteiger partial charge on any atom is -0.465 e. The standard InChI is InChI=1S/C4H5N3O3/c5-7-2-3(8)1-6-4(9)10/h2,6H,1H2,(H,9,10). The molecule has 2 N–H and O–H groups in total. The molecule has 0 saturated heterocycles. The van der Waals surface area contributed by atoms with Crippen molar-refractivity contribution in [2.45, 2.75) is 0 Å². The molecule has 0 bridgehead atoms. The summed E-state index contributed by atoms with van der Waals surface area (Å²) in [5.74, 6) is -0.607. The molecule has 0 unspecified atom stereocenters. The van der Waals surface area contributed by atoms with Crippen molar-refractivity contribution in [3.05, 3.63) is 5.53 Å². The Bertz CT molecular complexity index is 194. The van der Waals surface area contributed by atoms with Crippen LogP contribution in [0.5, 0.6) is 0 Å². The lowest BCUT2D eigenvalue weighted by molar-refractivity contribution is -0.115. The highest BCUT2D eigenvalue weighted by molar-refractivity contribution is 6.26. The van der Waals surface area contributed by atoms with Gasteiger partial charge in [-0.3, -0.25) is 4.79 Å². The molecule has 10 heavy (non-hydrogen) atoms. The molecule has 0 aromatic carbocycles. The summed E-state index contributed by atoms with van der Waals surface area (Å²) in [5.41, 5.74) is 7.78. The van der Waals surface area contributed by atoms with Crippen molar-refractivity contribution in [2.75, 3.05) is 6.54 Å². The highest BCUT2D eigenvalue weighted by atomic mass is 16.4. The van der Waals surface area contributed by atoms with Crippen LogP contribution < -0.4 is 5.32 Å². The van der Waals surface area contributed by atoms with E-state index in [1.54, 1.807) is 5.32 Å². The Labute approximate surface area is 56.1 Å². The lowest BCUT2D eigenvalue weighted by atomic mass is 10.4. The van der Waals surface area contributed by atoms with Crippen molar-refractivity contribution in [3.63, 3.8) is 0 Å². The van der Waals surface area contributed by atoms with E-state index in [-0.39, 0.29) is 6.54 Å². The Morgan fingerprint density at radius 2 is 2.30 bits per heavy atom. The second-order valence-electron chi connectivity index (χ2n) is 1.37. The number of carbonyl (C=O) groups is 2. The van der Waals surface area contributed by atoms with Gasteiger partial charge in [0, 0.05) is 0 Å². The van der Waals surface area contributed by atoms with Gasteiger partial charge in [0.1, 0.15) is 0 Å².